The van der Waals surface area contributed by atoms with E-state index in [1.165, 1.54) is 24.3 Å². The molecule has 0 heterocycles. The van der Waals surface area contributed by atoms with Crippen molar-refractivity contribution in [2.24, 2.45) is 5.73 Å². The third kappa shape index (κ3) is 6.06. The fraction of sp³-hybridized carbons (Fsp3) is 0.533. The zero-order valence-electron chi connectivity index (χ0n) is 12.0. The van der Waals surface area contributed by atoms with Gasteiger partial charge in [0.1, 0.15) is 11.6 Å². The molecule has 0 aliphatic rings. The zero-order valence-corrected chi connectivity index (χ0v) is 12.0. The molecule has 1 rings (SSSR count). The lowest BCUT2D eigenvalue weighted by atomic mass is 10.1. The third-order valence-electron chi connectivity index (χ3n) is 3.13. The SMILES string of the molecule is CCCCCCC(Oc1ccc(C(=N)N)cc1)C(F)(F)F. The molecular formula is C15H21F3N2O. The summed E-state index contributed by atoms with van der Waals surface area (Å²) >= 11 is 0. The Labute approximate surface area is 122 Å². The van der Waals surface area contributed by atoms with Gasteiger partial charge < -0.3 is 10.5 Å². The minimum atomic E-state index is -4.38. The molecule has 0 aliphatic carbocycles. The number of ether oxygens (including phenoxy) is 1. The number of nitrogens with two attached hydrogens (primary N) is 1. The molecule has 3 N–H and O–H groups in total. The van der Waals surface area contributed by atoms with Crippen molar-refractivity contribution in [3.8, 4) is 5.75 Å². The maximum absolute atomic E-state index is 12.9. The Kier molecular flexibility index (Phi) is 6.52. The van der Waals surface area contributed by atoms with Crippen LogP contribution in [0.15, 0.2) is 24.3 Å². The van der Waals surface area contributed by atoms with E-state index in [1.54, 1.807) is 0 Å². The van der Waals surface area contributed by atoms with Crippen LogP contribution in [0.25, 0.3) is 0 Å². The molecule has 1 aromatic rings. The second kappa shape index (κ2) is 7.90. The van der Waals surface area contributed by atoms with Gasteiger partial charge in [-0.05, 0) is 37.1 Å². The Bertz CT molecular complexity index is 443. The Balaban J connectivity index is 2.65. The number of amidine groups is 1. The number of hydrogen-bond acceptors (Lipinski definition) is 2. The van der Waals surface area contributed by atoms with Gasteiger partial charge in [-0.15, -0.1) is 0 Å². The van der Waals surface area contributed by atoms with E-state index in [0.717, 1.165) is 19.3 Å². The van der Waals surface area contributed by atoms with Gasteiger partial charge in [-0.25, -0.2) is 0 Å². The van der Waals surface area contributed by atoms with Gasteiger partial charge in [-0.1, -0.05) is 26.2 Å². The second-order valence-electron chi connectivity index (χ2n) is 4.94. The lowest BCUT2D eigenvalue weighted by Crippen LogP contribution is -2.34. The molecule has 6 heteroatoms. The first-order valence-corrected chi connectivity index (χ1v) is 7.02. The molecule has 3 nitrogen and oxygen atoms in total. The first kappa shape index (κ1) is 17.3. The summed E-state index contributed by atoms with van der Waals surface area (Å²) in [5, 5.41) is 7.23. The summed E-state index contributed by atoms with van der Waals surface area (Å²) in [7, 11) is 0. The number of rotatable bonds is 8. The van der Waals surface area contributed by atoms with E-state index in [9.17, 15) is 13.2 Å². The molecule has 1 unspecified atom stereocenters. The Morgan fingerprint density at radius 2 is 1.81 bits per heavy atom. The van der Waals surface area contributed by atoms with E-state index in [-0.39, 0.29) is 18.0 Å². The van der Waals surface area contributed by atoms with Crippen LogP contribution < -0.4 is 10.5 Å². The van der Waals surface area contributed by atoms with Gasteiger partial charge in [0, 0.05) is 5.56 Å². The summed E-state index contributed by atoms with van der Waals surface area (Å²) in [6.07, 6.45) is -3.05. The smallest absolute Gasteiger partial charge is 0.425 e. The van der Waals surface area contributed by atoms with Crippen molar-refractivity contribution >= 4 is 5.84 Å². The highest BCUT2D eigenvalue weighted by atomic mass is 19.4. The highest BCUT2D eigenvalue weighted by molar-refractivity contribution is 5.94. The molecule has 0 saturated carbocycles. The predicted octanol–water partition coefficient (Wildman–Crippen LogP) is 4.25. The van der Waals surface area contributed by atoms with Gasteiger partial charge in [0.05, 0.1) is 0 Å². The number of halogens is 3. The van der Waals surface area contributed by atoms with Crippen molar-refractivity contribution in [1.29, 1.82) is 5.41 Å². The van der Waals surface area contributed by atoms with Crippen LogP contribution in [0.5, 0.6) is 5.75 Å². The van der Waals surface area contributed by atoms with E-state index in [0.29, 0.717) is 12.0 Å². The lowest BCUT2D eigenvalue weighted by Gasteiger charge is -2.22. The molecule has 0 radical (unpaired) electrons. The summed E-state index contributed by atoms with van der Waals surface area (Å²) in [5.74, 6) is 0.00584. The number of alkyl halides is 3. The summed E-state index contributed by atoms with van der Waals surface area (Å²) < 4.78 is 43.9. The topological polar surface area (TPSA) is 59.1 Å². The summed E-state index contributed by atoms with van der Waals surface area (Å²) in [4.78, 5) is 0. The normalized spacial score (nSPS) is 13.0. The Morgan fingerprint density at radius 3 is 2.29 bits per heavy atom. The Hall–Kier alpha value is -1.72. The van der Waals surface area contributed by atoms with Crippen LogP contribution >= 0.6 is 0 Å². The minimum absolute atomic E-state index is 0.0437. The molecule has 21 heavy (non-hydrogen) atoms. The van der Waals surface area contributed by atoms with Crippen molar-refractivity contribution < 1.29 is 17.9 Å². The van der Waals surface area contributed by atoms with E-state index in [4.69, 9.17) is 15.9 Å². The van der Waals surface area contributed by atoms with Crippen LogP contribution in [0.2, 0.25) is 0 Å². The maximum Gasteiger partial charge on any atom is 0.425 e. The molecule has 118 valence electrons. The molecule has 0 saturated heterocycles. The third-order valence-corrected chi connectivity index (χ3v) is 3.13. The minimum Gasteiger partial charge on any atom is -0.481 e. The summed E-state index contributed by atoms with van der Waals surface area (Å²) in [6, 6.07) is 5.76. The average Bonchev–Trinajstić information content (AvgIpc) is 2.41. The molecule has 1 aromatic carbocycles. The maximum atomic E-state index is 12.9. The van der Waals surface area contributed by atoms with Crippen molar-refractivity contribution in [3.05, 3.63) is 29.8 Å². The first-order valence-electron chi connectivity index (χ1n) is 7.02. The lowest BCUT2D eigenvalue weighted by molar-refractivity contribution is -0.197. The fourth-order valence-electron chi connectivity index (χ4n) is 1.92. The molecular weight excluding hydrogens is 281 g/mol. The molecule has 0 amide bonds. The van der Waals surface area contributed by atoms with Gasteiger partial charge in [-0.2, -0.15) is 13.2 Å². The summed E-state index contributed by atoms with van der Waals surface area (Å²) in [6.45, 7) is 2.01. The molecule has 0 aliphatic heterocycles. The number of nitrogen functional groups attached to an aromatic ring is 1. The van der Waals surface area contributed by atoms with Gasteiger partial charge in [-0.3, -0.25) is 5.41 Å². The number of hydrogen-bond donors (Lipinski definition) is 2. The quantitative estimate of drug-likeness (QED) is 0.428. The molecule has 0 aromatic heterocycles. The van der Waals surface area contributed by atoms with Gasteiger partial charge >= 0.3 is 6.18 Å². The van der Waals surface area contributed by atoms with Crippen LogP contribution in [0.4, 0.5) is 13.2 Å². The molecule has 0 fully saturated rings. The van der Waals surface area contributed by atoms with Crippen molar-refractivity contribution in [2.75, 3.05) is 0 Å². The Morgan fingerprint density at radius 1 is 1.19 bits per heavy atom. The number of benzene rings is 1. The van der Waals surface area contributed by atoms with E-state index >= 15 is 0 Å². The van der Waals surface area contributed by atoms with Crippen LogP contribution in [0.1, 0.15) is 44.6 Å². The second-order valence-corrected chi connectivity index (χ2v) is 4.94. The number of nitrogens with one attached hydrogen (secondary N) is 1. The van der Waals surface area contributed by atoms with Gasteiger partial charge in [0.2, 0.25) is 0 Å². The standard InChI is InChI=1S/C15H21F3N2O/c1-2-3-4-5-6-13(15(16,17)18)21-12-9-7-11(8-10-12)14(19)20/h7-10,13H,2-6H2,1H3,(H3,19,20). The van der Waals surface area contributed by atoms with Crippen LogP contribution in [-0.4, -0.2) is 18.1 Å². The number of unbranched alkanes of at least 4 members (excludes halogenated alkanes) is 3. The average molecular weight is 302 g/mol. The van der Waals surface area contributed by atoms with E-state index in [1.807, 2.05) is 6.92 Å². The van der Waals surface area contributed by atoms with Gasteiger partial charge in [0.15, 0.2) is 6.10 Å². The predicted molar refractivity (Wildman–Crippen MR) is 76.7 cm³/mol. The largest absolute Gasteiger partial charge is 0.481 e. The van der Waals surface area contributed by atoms with Crippen molar-refractivity contribution in [3.63, 3.8) is 0 Å². The molecule has 0 spiro atoms. The van der Waals surface area contributed by atoms with Crippen LogP contribution in [0, 0.1) is 5.41 Å². The van der Waals surface area contributed by atoms with Crippen LogP contribution in [-0.2, 0) is 0 Å². The monoisotopic (exact) mass is 302 g/mol. The zero-order chi connectivity index (χ0) is 15.9. The van der Waals surface area contributed by atoms with Gasteiger partial charge in [0.25, 0.3) is 0 Å². The highest BCUT2D eigenvalue weighted by Crippen LogP contribution is 2.29. The first-order chi connectivity index (χ1) is 9.84. The van der Waals surface area contributed by atoms with E-state index < -0.39 is 12.3 Å². The van der Waals surface area contributed by atoms with Crippen molar-refractivity contribution in [1.82, 2.24) is 0 Å². The van der Waals surface area contributed by atoms with Crippen molar-refractivity contribution in [2.45, 2.75) is 51.3 Å². The summed E-state index contributed by atoms with van der Waals surface area (Å²) in [5.41, 5.74) is 5.74. The fourth-order valence-corrected chi connectivity index (χ4v) is 1.92. The highest BCUT2D eigenvalue weighted by Gasteiger charge is 2.41. The molecule has 0 bridgehead atoms. The van der Waals surface area contributed by atoms with Crippen LogP contribution in [0.3, 0.4) is 0 Å². The van der Waals surface area contributed by atoms with E-state index in [2.05, 4.69) is 0 Å². The molecule has 1 atom stereocenters.